The second-order valence-corrected chi connectivity index (χ2v) is 6.29. The van der Waals surface area contributed by atoms with Crippen LogP contribution in [-0.2, 0) is 0 Å². The number of phenols is 1. The number of halogens is 1. The van der Waals surface area contributed by atoms with Crippen LogP contribution in [-0.4, -0.2) is 41.6 Å². The number of amides is 1. The maximum atomic E-state index is 12.4. The normalized spacial score (nSPS) is 18.9. The number of benzene rings is 1. The predicted molar refractivity (Wildman–Crippen MR) is 87.6 cm³/mol. The summed E-state index contributed by atoms with van der Waals surface area (Å²) >= 11 is 3.22. The van der Waals surface area contributed by atoms with Gasteiger partial charge in [-0.05, 0) is 60.4 Å². The Hall–Kier alpha value is -1.27. The monoisotopic (exact) mass is 355 g/mol. The Labute approximate surface area is 133 Å². The van der Waals surface area contributed by atoms with Crippen molar-refractivity contribution in [2.45, 2.75) is 32.7 Å². The maximum Gasteiger partial charge on any atom is 0.255 e. The number of anilines is 1. The molecule has 1 aromatic carbocycles. The van der Waals surface area contributed by atoms with Gasteiger partial charge in [-0.2, -0.15) is 0 Å². The number of nitrogens with two attached hydrogens (primary N) is 1. The molecule has 6 heteroatoms. The fraction of sp³-hybridized carbons (Fsp3) is 0.533. The first kappa shape index (κ1) is 16.1. The van der Waals surface area contributed by atoms with Crippen LogP contribution < -0.4 is 11.1 Å². The molecule has 2 rings (SSSR count). The molecule has 1 aliphatic heterocycles. The molecule has 1 amide bonds. The highest BCUT2D eigenvalue weighted by atomic mass is 79.9. The van der Waals surface area contributed by atoms with Gasteiger partial charge in [-0.1, -0.05) is 6.92 Å². The number of nitrogens with one attached hydrogen (secondary N) is 1. The molecule has 0 bridgehead atoms. The van der Waals surface area contributed by atoms with E-state index < -0.39 is 0 Å². The lowest BCUT2D eigenvalue weighted by Crippen LogP contribution is -2.40. The minimum atomic E-state index is -0.277. The highest BCUT2D eigenvalue weighted by Gasteiger charge is 2.25. The van der Waals surface area contributed by atoms with Crippen molar-refractivity contribution in [2.24, 2.45) is 0 Å². The van der Waals surface area contributed by atoms with E-state index in [1.54, 1.807) is 13.0 Å². The van der Waals surface area contributed by atoms with Crippen LogP contribution in [0.1, 0.15) is 35.7 Å². The van der Waals surface area contributed by atoms with Crippen LogP contribution >= 0.6 is 15.9 Å². The van der Waals surface area contributed by atoms with Crippen LogP contribution in [0.2, 0.25) is 0 Å². The van der Waals surface area contributed by atoms with Crippen molar-refractivity contribution in [1.82, 2.24) is 10.2 Å². The largest absolute Gasteiger partial charge is 0.506 e. The number of nitrogen functional groups attached to an aromatic ring is 1. The van der Waals surface area contributed by atoms with Gasteiger partial charge in [-0.3, -0.25) is 9.69 Å². The van der Waals surface area contributed by atoms with Gasteiger partial charge in [0.05, 0.1) is 10.0 Å². The van der Waals surface area contributed by atoms with E-state index in [1.807, 2.05) is 0 Å². The summed E-state index contributed by atoms with van der Waals surface area (Å²) < 4.78 is 0.437. The summed E-state index contributed by atoms with van der Waals surface area (Å²) in [6, 6.07) is 1.99. The Kier molecular flexibility index (Phi) is 5.11. The van der Waals surface area contributed by atoms with Gasteiger partial charge < -0.3 is 16.2 Å². The molecule has 0 radical (unpaired) electrons. The SMILES string of the molecule is CCN1CCCC1CNC(=O)c1c(C)c(N)cc(Br)c1O. The number of likely N-dealkylation sites (N-methyl/N-ethyl adjacent to an activating group) is 1. The molecular weight excluding hydrogens is 334 g/mol. The third-order valence-electron chi connectivity index (χ3n) is 4.18. The Morgan fingerprint density at radius 3 is 3.00 bits per heavy atom. The van der Waals surface area contributed by atoms with Crippen molar-refractivity contribution in [3.8, 4) is 5.75 Å². The smallest absolute Gasteiger partial charge is 0.255 e. The molecule has 1 saturated heterocycles. The third kappa shape index (κ3) is 3.32. The van der Waals surface area contributed by atoms with E-state index in [9.17, 15) is 9.90 Å². The predicted octanol–water partition coefficient (Wildman–Crippen LogP) is 2.26. The molecule has 0 saturated carbocycles. The molecule has 1 aliphatic rings. The molecule has 0 aliphatic carbocycles. The Balaban J connectivity index is 2.11. The van der Waals surface area contributed by atoms with Gasteiger partial charge in [-0.15, -0.1) is 0 Å². The van der Waals surface area contributed by atoms with Crippen molar-refractivity contribution in [3.05, 3.63) is 21.7 Å². The summed E-state index contributed by atoms with van der Waals surface area (Å²) in [5, 5.41) is 13.0. The Morgan fingerprint density at radius 2 is 2.33 bits per heavy atom. The number of hydrogen-bond donors (Lipinski definition) is 3. The van der Waals surface area contributed by atoms with Crippen molar-refractivity contribution >= 4 is 27.5 Å². The molecule has 1 fully saturated rings. The standard InChI is InChI=1S/C15H22BrN3O2/c1-3-19-6-4-5-10(19)8-18-15(21)13-9(2)12(17)7-11(16)14(13)20/h7,10,20H,3-6,8,17H2,1-2H3,(H,18,21). The van der Waals surface area contributed by atoms with Gasteiger partial charge in [0.25, 0.3) is 5.91 Å². The average Bonchev–Trinajstić information content (AvgIpc) is 2.90. The van der Waals surface area contributed by atoms with Gasteiger partial charge in [-0.25, -0.2) is 0 Å². The molecule has 1 aromatic rings. The number of phenolic OH excluding ortho intramolecular Hbond substituents is 1. The molecule has 1 atom stereocenters. The van der Waals surface area contributed by atoms with E-state index in [-0.39, 0.29) is 17.2 Å². The van der Waals surface area contributed by atoms with Crippen LogP contribution in [0.4, 0.5) is 5.69 Å². The molecular formula is C15H22BrN3O2. The Bertz CT molecular complexity index is 522. The zero-order valence-corrected chi connectivity index (χ0v) is 14.0. The second kappa shape index (κ2) is 6.66. The van der Waals surface area contributed by atoms with Crippen molar-refractivity contribution in [3.63, 3.8) is 0 Å². The summed E-state index contributed by atoms with van der Waals surface area (Å²) in [6.07, 6.45) is 2.27. The van der Waals surface area contributed by atoms with Crippen LogP contribution in [0, 0.1) is 6.92 Å². The zero-order valence-electron chi connectivity index (χ0n) is 12.4. The zero-order chi connectivity index (χ0) is 15.6. The topological polar surface area (TPSA) is 78.6 Å². The fourth-order valence-electron chi connectivity index (χ4n) is 2.87. The van der Waals surface area contributed by atoms with E-state index in [1.165, 1.54) is 6.42 Å². The summed E-state index contributed by atoms with van der Waals surface area (Å²) in [5.74, 6) is -0.334. The maximum absolute atomic E-state index is 12.4. The molecule has 5 nitrogen and oxygen atoms in total. The lowest BCUT2D eigenvalue weighted by atomic mass is 10.0. The van der Waals surface area contributed by atoms with E-state index >= 15 is 0 Å². The molecule has 4 N–H and O–H groups in total. The van der Waals surface area contributed by atoms with E-state index in [0.29, 0.717) is 28.3 Å². The van der Waals surface area contributed by atoms with Crippen molar-refractivity contribution in [2.75, 3.05) is 25.4 Å². The second-order valence-electron chi connectivity index (χ2n) is 5.43. The van der Waals surface area contributed by atoms with Gasteiger partial charge in [0.2, 0.25) is 0 Å². The summed E-state index contributed by atoms with van der Waals surface area (Å²) in [5.41, 5.74) is 7.20. The molecule has 21 heavy (non-hydrogen) atoms. The van der Waals surface area contributed by atoms with Gasteiger partial charge in [0.1, 0.15) is 5.75 Å². The number of carbonyl (C=O) groups is 1. The highest BCUT2D eigenvalue weighted by molar-refractivity contribution is 9.10. The molecule has 116 valence electrons. The van der Waals surface area contributed by atoms with Crippen LogP contribution in [0.5, 0.6) is 5.75 Å². The minimum absolute atomic E-state index is 0.0574. The van der Waals surface area contributed by atoms with Crippen molar-refractivity contribution in [1.29, 1.82) is 0 Å². The van der Waals surface area contributed by atoms with Gasteiger partial charge >= 0.3 is 0 Å². The van der Waals surface area contributed by atoms with Gasteiger partial charge in [0.15, 0.2) is 0 Å². The third-order valence-corrected chi connectivity index (χ3v) is 4.79. The first-order valence-corrected chi connectivity index (χ1v) is 8.04. The highest BCUT2D eigenvalue weighted by Crippen LogP contribution is 2.34. The summed E-state index contributed by atoms with van der Waals surface area (Å²) in [7, 11) is 0. The number of likely N-dealkylation sites (tertiary alicyclic amines) is 1. The molecule has 1 heterocycles. The van der Waals surface area contributed by atoms with Crippen LogP contribution in [0.15, 0.2) is 10.5 Å². The summed E-state index contributed by atoms with van der Waals surface area (Å²) in [4.78, 5) is 14.7. The average molecular weight is 356 g/mol. The van der Waals surface area contributed by atoms with Crippen molar-refractivity contribution < 1.29 is 9.90 Å². The number of rotatable bonds is 4. The quantitative estimate of drug-likeness (QED) is 0.571. The lowest BCUT2D eigenvalue weighted by molar-refractivity contribution is 0.0938. The number of carbonyl (C=O) groups excluding carboxylic acids is 1. The van der Waals surface area contributed by atoms with Crippen LogP contribution in [0.3, 0.4) is 0 Å². The first-order valence-electron chi connectivity index (χ1n) is 7.25. The van der Waals surface area contributed by atoms with E-state index in [4.69, 9.17) is 5.73 Å². The van der Waals surface area contributed by atoms with E-state index in [0.717, 1.165) is 19.5 Å². The fourth-order valence-corrected chi connectivity index (χ4v) is 3.32. The molecule has 0 aromatic heterocycles. The number of hydrogen-bond acceptors (Lipinski definition) is 4. The minimum Gasteiger partial charge on any atom is -0.506 e. The lowest BCUT2D eigenvalue weighted by Gasteiger charge is -2.23. The number of aromatic hydroxyl groups is 1. The van der Waals surface area contributed by atoms with Crippen LogP contribution in [0.25, 0.3) is 0 Å². The number of nitrogens with zero attached hydrogens (tertiary/aromatic N) is 1. The Morgan fingerprint density at radius 1 is 1.62 bits per heavy atom. The van der Waals surface area contributed by atoms with Gasteiger partial charge in [0, 0.05) is 18.3 Å². The summed E-state index contributed by atoms with van der Waals surface area (Å²) in [6.45, 7) is 6.55. The molecule has 1 unspecified atom stereocenters. The first-order chi connectivity index (χ1) is 9.95. The van der Waals surface area contributed by atoms with E-state index in [2.05, 4.69) is 33.1 Å². The molecule has 0 spiro atoms.